The van der Waals surface area contributed by atoms with Crippen LogP contribution in [0.5, 0.6) is 5.75 Å². The minimum Gasteiger partial charge on any atom is -0.495 e. The molecule has 2 N–H and O–H groups in total. The fourth-order valence-electron chi connectivity index (χ4n) is 2.20. The van der Waals surface area contributed by atoms with Crippen LogP contribution in [0.2, 0.25) is 0 Å². The van der Waals surface area contributed by atoms with Crippen LogP contribution in [0.1, 0.15) is 26.7 Å². The Morgan fingerprint density at radius 2 is 2.05 bits per heavy atom. The molecule has 0 bridgehead atoms. The van der Waals surface area contributed by atoms with Crippen molar-refractivity contribution in [2.45, 2.75) is 32.2 Å². The van der Waals surface area contributed by atoms with Crippen LogP contribution < -0.4 is 15.4 Å². The molecular weight excluding hydrogens is 240 g/mol. The molecule has 0 atom stereocenters. The predicted molar refractivity (Wildman–Crippen MR) is 76.4 cm³/mol. The van der Waals surface area contributed by atoms with Crippen LogP contribution in [-0.4, -0.2) is 25.1 Å². The molecule has 1 fully saturated rings. The Balaban J connectivity index is 1.87. The number of hydrogen-bond acceptors (Lipinski definition) is 3. The normalized spacial score (nSPS) is 15.1. The molecule has 1 aliphatic rings. The van der Waals surface area contributed by atoms with Crippen LogP contribution in [0, 0.1) is 5.92 Å². The molecule has 4 heteroatoms. The van der Waals surface area contributed by atoms with Gasteiger partial charge >= 0.3 is 0 Å². The topological polar surface area (TPSA) is 50.4 Å². The zero-order valence-corrected chi connectivity index (χ0v) is 11.8. The van der Waals surface area contributed by atoms with Crippen molar-refractivity contribution in [1.82, 2.24) is 5.32 Å². The first-order valence-electron chi connectivity index (χ1n) is 6.71. The molecule has 1 aromatic rings. The second-order valence-electron chi connectivity index (χ2n) is 5.60. The summed E-state index contributed by atoms with van der Waals surface area (Å²) in [5.74, 6) is 1.34. The number of ether oxygens (including phenoxy) is 1. The highest BCUT2D eigenvalue weighted by molar-refractivity contribution is 5.93. The minimum atomic E-state index is -0.0433. The number of rotatable bonds is 6. The fourth-order valence-corrected chi connectivity index (χ4v) is 2.20. The quantitative estimate of drug-likeness (QED) is 0.827. The Labute approximate surface area is 114 Å². The number of hydrogen-bond donors (Lipinski definition) is 2. The summed E-state index contributed by atoms with van der Waals surface area (Å²) < 4.78 is 5.20. The molecule has 0 aromatic heterocycles. The minimum absolute atomic E-state index is 0.0398. The van der Waals surface area contributed by atoms with Gasteiger partial charge in [-0.25, -0.2) is 0 Å². The maximum Gasteiger partial charge on any atom is 0.238 e. The number of carbonyl (C=O) groups excluding carboxylic acids is 1. The number of anilines is 1. The van der Waals surface area contributed by atoms with Crippen LogP contribution in [0.25, 0.3) is 0 Å². The average Bonchev–Trinajstić information content (AvgIpc) is 3.22. The summed E-state index contributed by atoms with van der Waals surface area (Å²) in [5, 5.41) is 6.19. The van der Waals surface area contributed by atoms with Crippen molar-refractivity contribution in [1.29, 1.82) is 0 Å². The molecule has 1 aliphatic carbocycles. The largest absolute Gasteiger partial charge is 0.495 e. The number of para-hydroxylation sites is 2. The van der Waals surface area contributed by atoms with Gasteiger partial charge in [0.25, 0.3) is 0 Å². The zero-order chi connectivity index (χ0) is 13.9. The summed E-state index contributed by atoms with van der Waals surface area (Å²) in [6, 6.07) is 7.42. The van der Waals surface area contributed by atoms with Gasteiger partial charge in [0.1, 0.15) is 5.75 Å². The highest BCUT2D eigenvalue weighted by Crippen LogP contribution is 2.39. The predicted octanol–water partition coefficient (Wildman–Crippen LogP) is 2.41. The molecule has 0 aliphatic heterocycles. The van der Waals surface area contributed by atoms with E-state index in [4.69, 9.17) is 4.74 Å². The van der Waals surface area contributed by atoms with Crippen LogP contribution in [0.4, 0.5) is 5.69 Å². The summed E-state index contributed by atoms with van der Waals surface area (Å²) in [5.41, 5.74) is 0.749. The van der Waals surface area contributed by atoms with E-state index in [1.54, 1.807) is 7.11 Å². The molecule has 1 amide bonds. The summed E-state index contributed by atoms with van der Waals surface area (Å²) in [6.45, 7) is 4.63. The van der Waals surface area contributed by atoms with Crippen LogP contribution in [0.3, 0.4) is 0 Å². The Hall–Kier alpha value is -1.55. The number of methoxy groups -OCH3 is 1. The summed E-state index contributed by atoms with van der Waals surface area (Å²) >= 11 is 0. The van der Waals surface area contributed by atoms with Crippen molar-refractivity contribution in [3.05, 3.63) is 24.3 Å². The van der Waals surface area contributed by atoms with E-state index in [9.17, 15) is 4.79 Å². The van der Waals surface area contributed by atoms with Crippen LogP contribution in [0.15, 0.2) is 24.3 Å². The van der Waals surface area contributed by atoms with Crippen molar-refractivity contribution in [2.75, 3.05) is 19.0 Å². The summed E-state index contributed by atoms with van der Waals surface area (Å²) in [7, 11) is 1.60. The summed E-state index contributed by atoms with van der Waals surface area (Å²) in [4.78, 5) is 11.9. The van der Waals surface area contributed by atoms with Gasteiger partial charge in [0, 0.05) is 5.54 Å². The first-order valence-corrected chi connectivity index (χ1v) is 6.71. The van der Waals surface area contributed by atoms with Crippen molar-refractivity contribution in [3.8, 4) is 5.75 Å². The van der Waals surface area contributed by atoms with Crippen LogP contribution in [-0.2, 0) is 4.79 Å². The molecule has 19 heavy (non-hydrogen) atoms. The Morgan fingerprint density at radius 1 is 1.37 bits per heavy atom. The van der Waals surface area contributed by atoms with Gasteiger partial charge in [-0.15, -0.1) is 0 Å². The second kappa shape index (κ2) is 5.61. The van der Waals surface area contributed by atoms with Gasteiger partial charge in [-0.2, -0.15) is 0 Å². The average molecular weight is 262 g/mol. The number of amides is 1. The van der Waals surface area contributed by atoms with Gasteiger partial charge in [-0.1, -0.05) is 12.1 Å². The lowest BCUT2D eigenvalue weighted by Crippen LogP contribution is -2.45. The third-order valence-corrected chi connectivity index (χ3v) is 3.68. The molecular formula is C15H22N2O2. The molecule has 1 saturated carbocycles. The van der Waals surface area contributed by atoms with Crippen molar-refractivity contribution < 1.29 is 9.53 Å². The Morgan fingerprint density at radius 3 is 2.68 bits per heavy atom. The van der Waals surface area contributed by atoms with Crippen molar-refractivity contribution in [3.63, 3.8) is 0 Å². The third kappa shape index (κ3) is 3.70. The maximum atomic E-state index is 11.9. The number of carbonyl (C=O) groups is 1. The molecule has 0 radical (unpaired) electrons. The van der Waals surface area contributed by atoms with Gasteiger partial charge in [-0.05, 0) is 44.7 Å². The van der Waals surface area contributed by atoms with Gasteiger partial charge in [0.2, 0.25) is 5.91 Å². The molecule has 104 valence electrons. The number of nitrogens with one attached hydrogen (secondary N) is 2. The van der Waals surface area contributed by atoms with Crippen LogP contribution >= 0.6 is 0 Å². The van der Waals surface area contributed by atoms with E-state index in [0.717, 1.165) is 0 Å². The lowest BCUT2D eigenvalue weighted by Gasteiger charge is -2.25. The standard InChI is InChI=1S/C15H22N2O2/c1-15(2,11-8-9-11)16-10-14(18)17-12-6-4-5-7-13(12)19-3/h4-7,11,16H,8-10H2,1-3H3,(H,17,18). The second-order valence-corrected chi connectivity index (χ2v) is 5.60. The zero-order valence-electron chi connectivity index (χ0n) is 11.8. The van der Waals surface area contributed by atoms with Gasteiger partial charge in [0.05, 0.1) is 19.3 Å². The molecule has 0 spiro atoms. The first-order chi connectivity index (χ1) is 9.03. The maximum absolute atomic E-state index is 11.9. The van der Waals surface area contributed by atoms with E-state index in [2.05, 4.69) is 24.5 Å². The lowest BCUT2D eigenvalue weighted by molar-refractivity contribution is -0.115. The highest BCUT2D eigenvalue weighted by atomic mass is 16.5. The molecule has 0 heterocycles. The van der Waals surface area contributed by atoms with E-state index >= 15 is 0 Å². The molecule has 0 saturated heterocycles. The van der Waals surface area contributed by atoms with E-state index in [1.165, 1.54) is 12.8 Å². The Kier molecular flexibility index (Phi) is 4.10. The lowest BCUT2D eigenvalue weighted by atomic mass is 9.99. The first kappa shape index (κ1) is 13.9. The van der Waals surface area contributed by atoms with Gasteiger partial charge in [0.15, 0.2) is 0 Å². The molecule has 1 aromatic carbocycles. The summed E-state index contributed by atoms with van der Waals surface area (Å²) in [6.07, 6.45) is 2.52. The van der Waals surface area contributed by atoms with E-state index in [0.29, 0.717) is 23.9 Å². The highest BCUT2D eigenvalue weighted by Gasteiger charge is 2.37. The third-order valence-electron chi connectivity index (χ3n) is 3.68. The van der Waals surface area contributed by atoms with E-state index < -0.39 is 0 Å². The fraction of sp³-hybridized carbons (Fsp3) is 0.533. The van der Waals surface area contributed by atoms with Gasteiger partial charge in [-0.3, -0.25) is 4.79 Å². The smallest absolute Gasteiger partial charge is 0.238 e. The Bertz CT molecular complexity index is 453. The van der Waals surface area contributed by atoms with E-state index in [1.807, 2.05) is 24.3 Å². The van der Waals surface area contributed by atoms with Gasteiger partial charge < -0.3 is 15.4 Å². The molecule has 2 rings (SSSR count). The SMILES string of the molecule is COc1ccccc1NC(=O)CNC(C)(C)C1CC1. The monoisotopic (exact) mass is 262 g/mol. The van der Waals surface area contributed by atoms with Crippen molar-refractivity contribution >= 4 is 11.6 Å². The molecule has 4 nitrogen and oxygen atoms in total. The van der Waals surface area contributed by atoms with E-state index in [-0.39, 0.29) is 11.4 Å². The molecule has 0 unspecified atom stereocenters. The number of benzene rings is 1. The van der Waals surface area contributed by atoms with Crippen molar-refractivity contribution in [2.24, 2.45) is 5.92 Å².